The topological polar surface area (TPSA) is 79.5 Å². The minimum Gasteiger partial charge on any atom is -0.494 e. The van der Waals surface area contributed by atoms with Gasteiger partial charge in [0.05, 0.1) is 13.2 Å². The van der Waals surface area contributed by atoms with Gasteiger partial charge in [-0.05, 0) is 55.7 Å². The van der Waals surface area contributed by atoms with Crippen LogP contribution in [0.5, 0.6) is 5.75 Å². The molecule has 0 aromatic heterocycles. The average molecular weight is 452 g/mol. The Bertz CT molecular complexity index is 876. The Kier molecular flexibility index (Phi) is 10.1. The van der Waals surface area contributed by atoms with Gasteiger partial charge in [-0.3, -0.25) is 9.59 Å². The number of benzene rings is 2. The highest BCUT2D eigenvalue weighted by Crippen LogP contribution is 2.19. The van der Waals surface area contributed by atoms with Crippen LogP contribution in [-0.2, 0) is 4.79 Å². The Morgan fingerprint density at radius 3 is 2.48 bits per heavy atom. The zero-order chi connectivity index (χ0) is 23.3. The summed E-state index contributed by atoms with van der Waals surface area (Å²) in [5.41, 5.74) is 2.12. The summed E-state index contributed by atoms with van der Waals surface area (Å²) < 4.78 is 5.80. The second-order valence-corrected chi connectivity index (χ2v) is 8.72. The quantitative estimate of drug-likeness (QED) is 0.359. The van der Waals surface area contributed by atoms with E-state index in [1.165, 1.54) is 38.5 Å². The van der Waals surface area contributed by atoms with E-state index in [2.05, 4.69) is 22.9 Å². The fourth-order valence-electron chi connectivity index (χ4n) is 4.02. The highest BCUT2D eigenvalue weighted by atomic mass is 16.5. The fourth-order valence-corrected chi connectivity index (χ4v) is 4.02. The molecule has 2 amide bonds. The maximum absolute atomic E-state index is 12.4. The van der Waals surface area contributed by atoms with E-state index in [4.69, 9.17) is 4.74 Å². The van der Waals surface area contributed by atoms with E-state index in [9.17, 15) is 9.59 Å². The molecule has 1 saturated carbocycles. The summed E-state index contributed by atoms with van der Waals surface area (Å²) in [6.07, 6.45) is 10.4. The first kappa shape index (κ1) is 24.6. The normalized spacial score (nSPS) is 13.8. The molecule has 6 heteroatoms. The summed E-state index contributed by atoms with van der Waals surface area (Å²) in [5, 5.41) is 9.11. The molecule has 178 valence electrons. The van der Waals surface area contributed by atoms with Crippen molar-refractivity contribution in [3.8, 4) is 5.75 Å². The summed E-state index contributed by atoms with van der Waals surface area (Å²) in [6, 6.07) is 15.0. The number of nitrogens with one attached hydrogen (secondary N) is 3. The van der Waals surface area contributed by atoms with E-state index in [1.54, 1.807) is 24.3 Å². The standard InChI is InChI=1S/C27H37N3O3/c1-2-3-4-8-18-33-25-13-9-12-24(19-25)28-20-26(31)29-23-16-14-21(15-17-23)27(32)30-22-10-6-5-7-11-22/h9,12-17,19,22,28H,2-8,10-11,18,20H2,1H3,(H,29,31)(H,30,32). The van der Waals surface area contributed by atoms with E-state index in [1.807, 2.05) is 24.3 Å². The number of amides is 2. The van der Waals surface area contributed by atoms with Gasteiger partial charge in [0.1, 0.15) is 5.75 Å². The fraction of sp³-hybridized carbons (Fsp3) is 0.481. The van der Waals surface area contributed by atoms with Gasteiger partial charge in [0.25, 0.3) is 5.91 Å². The van der Waals surface area contributed by atoms with Crippen molar-refractivity contribution in [2.24, 2.45) is 0 Å². The van der Waals surface area contributed by atoms with Crippen molar-refractivity contribution in [2.45, 2.75) is 70.8 Å². The van der Waals surface area contributed by atoms with Crippen molar-refractivity contribution in [3.63, 3.8) is 0 Å². The molecule has 0 spiro atoms. The minimum absolute atomic E-state index is 0.0473. The Balaban J connectivity index is 1.40. The second-order valence-electron chi connectivity index (χ2n) is 8.72. The molecule has 6 nitrogen and oxygen atoms in total. The average Bonchev–Trinajstić information content (AvgIpc) is 2.84. The van der Waals surface area contributed by atoms with Gasteiger partial charge in [-0.2, -0.15) is 0 Å². The predicted octanol–water partition coefficient (Wildman–Crippen LogP) is 5.76. The van der Waals surface area contributed by atoms with Gasteiger partial charge in [-0.15, -0.1) is 0 Å². The zero-order valence-electron chi connectivity index (χ0n) is 19.7. The number of carbonyl (C=O) groups is 2. The highest BCUT2D eigenvalue weighted by molar-refractivity contribution is 5.96. The van der Waals surface area contributed by atoms with Gasteiger partial charge >= 0.3 is 0 Å². The number of ether oxygens (including phenoxy) is 1. The van der Waals surface area contributed by atoms with Crippen molar-refractivity contribution in [1.29, 1.82) is 0 Å². The highest BCUT2D eigenvalue weighted by Gasteiger charge is 2.16. The lowest BCUT2D eigenvalue weighted by molar-refractivity contribution is -0.114. The van der Waals surface area contributed by atoms with E-state index in [-0.39, 0.29) is 24.4 Å². The molecule has 2 aromatic carbocycles. The summed E-state index contributed by atoms with van der Waals surface area (Å²) in [5.74, 6) is 0.605. The summed E-state index contributed by atoms with van der Waals surface area (Å²) in [6.45, 7) is 3.04. The lowest BCUT2D eigenvalue weighted by Crippen LogP contribution is -2.36. The molecule has 1 fully saturated rings. The Morgan fingerprint density at radius 2 is 1.73 bits per heavy atom. The number of rotatable bonds is 12. The van der Waals surface area contributed by atoms with Gasteiger partial charge in [0, 0.05) is 29.0 Å². The Hall–Kier alpha value is -3.02. The molecule has 0 radical (unpaired) electrons. The summed E-state index contributed by atoms with van der Waals surface area (Å²) >= 11 is 0. The summed E-state index contributed by atoms with van der Waals surface area (Å²) in [4.78, 5) is 24.8. The van der Waals surface area contributed by atoms with E-state index < -0.39 is 0 Å². The number of hydrogen-bond donors (Lipinski definition) is 3. The molecule has 0 bridgehead atoms. The van der Waals surface area contributed by atoms with Crippen LogP contribution in [0.1, 0.15) is 75.1 Å². The molecular formula is C27H37N3O3. The molecule has 33 heavy (non-hydrogen) atoms. The number of anilines is 2. The maximum Gasteiger partial charge on any atom is 0.251 e. The lowest BCUT2D eigenvalue weighted by Gasteiger charge is -2.22. The van der Waals surface area contributed by atoms with Crippen LogP contribution in [-0.4, -0.2) is 31.0 Å². The lowest BCUT2D eigenvalue weighted by atomic mass is 9.95. The van der Waals surface area contributed by atoms with Gasteiger partial charge in [-0.25, -0.2) is 0 Å². The molecule has 0 heterocycles. The van der Waals surface area contributed by atoms with E-state index in [0.717, 1.165) is 30.7 Å². The third-order valence-electron chi connectivity index (χ3n) is 5.92. The first-order chi connectivity index (χ1) is 16.1. The monoisotopic (exact) mass is 451 g/mol. The van der Waals surface area contributed by atoms with Crippen LogP contribution in [0, 0.1) is 0 Å². The van der Waals surface area contributed by atoms with Crippen LogP contribution in [0.15, 0.2) is 48.5 Å². The molecule has 3 rings (SSSR count). The number of hydrogen-bond acceptors (Lipinski definition) is 4. The first-order valence-electron chi connectivity index (χ1n) is 12.3. The van der Waals surface area contributed by atoms with Gasteiger partial charge in [-0.1, -0.05) is 51.5 Å². The molecule has 2 aromatic rings. The summed E-state index contributed by atoms with van der Waals surface area (Å²) in [7, 11) is 0. The molecular weight excluding hydrogens is 414 g/mol. The van der Waals surface area contributed by atoms with Gasteiger partial charge in [0.2, 0.25) is 5.91 Å². The van der Waals surface area contributed by atoms with E-state index >= 15 is 0 Å². The van der Waals surface area contributed by atoms with Crippen LogP contribution in [0.3, 0.4) is 0 Å². The molecule has 1 aliphatic rings. The van der Waals surface area contributed by atoms with Crippen LogP contribution < -0.4 is 20.7 Å². The molecule has 0 aliphatic heterocycles. The molecule has 1 aliphatic carbocycles. The van der Waals surface area contributed by atoms with Gasteiger partial charge < -0.3 is 20.7 Å². The van der Waals surface area contributed by atoms with Gasteiger partial charge in [0.15, 0.2) is 0 Å². The number of unbranched alkanes of at least 4 members (excludes halogenated alkanes) is 3. The zero-order valence-corrected chi connectivity index (χ0v) is 19.7. The SMILES string of the molecule is CCCCCCOc1cccc(NCC(=O)Nc2ccc(C(=O)NC3CCCCC3)cc2)c1. The van der Waals surface area contributed by atoms with Crippen LogP contribution in [0.25, 0.3) is 0 Å². The third kappa shape index (κ3) is 8.79. The maximum atomic E-state index is 12.4. The van der Waals surface area contributed by atoms with Crippen molar-refractivity contribution in [3.05, 3.63) is 54.1 Å². The van der Waals surface area contributed by atoms with Crippen molar-refractivity contribution >= 4 is 23.2 Å². The van der Waals surface area contributed by atoms with Crippen LogP contribution in [0.4, 0.5) is 11.4 Å². The van der Waals surface area contributed by atoms with E-state index in [0.29, 0.717) is 17.9 Å². The van der Waals surface area contributed by atoms with Crippen molar-refractivity contribution in [2.75, 3.05) is 23.8 Å². The second kappa shape index (κ2) is 13.5. The first-order valence-corrected chi connectivity index (χ1v) is 12.3. The Labute approximate surface area is 197 Å². The minimum atomic E-state index is -0.153. The molecule has 0 saturated heterocycles. The molecule has 0 unspecified atom stereocenters. The smallest absolute Gasteiger partial charge is 0.251 e. The largest absolute Gasteiger partial charge is 0.494 e. The van der Waals surface area contributed by atoms with Crippen molar-refractivity contribution < 1.29 is 14.3 Å². The van der Waals surface area contributed by atoms with Crippen LogP contribution in [0.2, 0.25) is 0 Å². The number of carbonyl (C=O) groups excluding carboxylic acids is 2. The predicted molar refractivity (Wildman–Crippen MR) is 134 cm³/mol. The van der Waals surface area contributed by atoms with Crippen molar-refractivity contribution in [1.82, 2.24) is 5.32 Å². The Morgan fingerprint density at radius 1 is 0.939 bits per heavy atom. The van der Waals surface area contributed by atoms with Crippen LogP contribution >= 0.6 is 0 Å². The molecule has 3 N–H and O–H groups in total. The third-order valence-corrected chi connectivity index (χ3v) is 5.92. The molecule has 0 atom stereocenters.